The topological polar surface area (TPSA) is 63.9 Å². The van der Waals surface area contributed by atoms with Crippen molar-refractivity contribution in [3.05, 3.63) is 150 Å². The van der Waals surface area contributed by atoms with Crippen LogP contribution >= 0.6 is 0 Å². The van der Waals surface area contributed by atoms with Crippen molar-refractivity contribution in [2.24, 2.45) is 4.99 Å². The average molecular weight is 606 g/mol. The molecule has 0 fully saturated rings. The third kappa shape index (κ3) is 4.66. The Kier molecular flexibility index (Phi) is 6.22. The summed E-state index contributed by atoms with van der Waals surface area (Å²) >= 11 is 0. The molecule has 2 aromatic heterocycles. The maximum atomic E-state index is 5.03. The van der Waals surface area contributed by atoms with Crippen molar-refractivity contribution in [1.82, 2.24) is 19.9 Å². The van der Waals surface area contributed by atoms with Crippen LogP contribution in [0, 0.1) is 0 Å². The summed E-state index contributed by atoms with van der Waals surface area (Å²) in [6, 6.07) is 34.6. The Bertz CT molecular complexity index is 2360. The zero-order valence-electron chi connectivity index (χ0n) is 26.2. The SMILES string of the molecule is CC1(C)c2ccccc2-c2ccc(-c3ccc(-c4nc(C5=CCC6N=CC=CC6=C5)nc(-c5ccc6ncccc6c5)n4)cc3)cc21. The Morgan fingerprint density at radius 1 is 0.660 bits per heavy atom. The molecule has 0 N–H and O–H groups in total. The van der Waals surface area contributed by atoms with Crippen LogP contribution in [0.15, 0.2) is 138 Å². The summed E-state index contributed by atoms with van der Waals surface area (Å²) in [6.45, 7) is 4.64. The monoisotopic (exact) mass is 605 g/mol. The lowest BCUT2D eigenvalue weighted by Crippen LogP contribution is -2.14. The summed E-state index contributed by atoms with van der Waals surface area (Å²) in [6.07, 6.45) is 13.0. The molecule has 1 atom stereocenters. The molecular weight excluding hydrogens is 574 g/mol. The average Bonchev–Trinajstić information content (AvgIpc) is 3.36. The van der Waals surface area contributed by atoms with Crippen LogP contribution in [-0.4, -0.2) is 32.2 Å². The van der Waals surface area contributed by atoms with Gasteiger partial charge in [0.2, 0.25) is 0 Å². The van der Waals surface area contributed by atoms with E-state index in [1.165, 1.54) is 33.4 Å². The molecule has 0 amide bonds. The Labute approximate surface area is 273 Å². The molecular formula is C42H31N5. The largest absolute Gasteiger partial charge is 0.285 e. The maximum Gasteiger partial charge on any atom is 0.164 e. The van der Waals surface area contributed by atoms with E-state index in [1.807, 2.05) is 36.7 Å². The van der Waals surface area contributed by atoms with Crippen molar-refractivity contribution in [1.29, 1.82) is 0 Å². The zero-order valence-corrected chi connectivity index (χ0v) is 26.2. The van der Waals surface area contributed by atoms with Gasteiger partial charge in [-0.05, 0) is 87.9 Å². The van der Waals surface area contributed by atoms with Crippen molar-refractivity contribution in [2.45, 2.75) is 31.7 Å². The van der Waals surface area contributed by atoms with E-state index in [4.69, 9.17) is 15.0 Å². The van der Waals surface area contributed by atoms with Gasteiger partial charge in [0.25, 0.3) is 0 Å². The summed E-state index contributed by atoms with van der Waals surface area (Å²) in [4.78, 5) is 24.2. The molecule has 6 aromatic rings. The number of allylic oxidation sites excluding steroid dienone is 3. The smallest absolute Gasteiger partial charge is 0.164 e. The van der Waals surface area contributed by atoms with E-state index in [0.29, 0.717) is 17.5 Å². The van der Waals surface area contributed by atoms with Crippen molar-refractivity contribution in [3.8, 4) is 45.0 Å². The number of dihydropyridines is 1. The number of hydrogen-bond donors (Lipinski definition) is 0. The predicted octanol–water partition coefficient (Wildman–Crippen LogP) is 9.45. The molecule has 9 rings (SSSR count). The van der Waals surface area contributed by atoms with E-state index >= 15 is 0 Å². The highest BCUT2D eigenvalue weighted by Crippen LogP contribution is 2.49. The van der Waals surface area contributed by atoms with Crippen LogP contribution in [-0.2, 0) is 5.41 Å². The number of pyridine rings is 1. The van der Waals surface area contributed by atoms with Gasteiger partial charge in [-0.3, -0.25) is 9.98 Å². The van der Waals surface area contributed by atoms with Gasteiger partial charge in [-0.15, -0.1) is 0 Å². The van der Waals surface area contributed by atoms with Crippen LogP contribution in [0.5, 0.6) is 0 Å². The second-order valence-electron chi connectivity index (χ2n) is 12.9. The summed E-state index contributed by atoms with van der Waals surface area (Å²) in [5.41, 5.74) is 12.7. The number of rotatable bonds is 4. The standard InChI is InChI=1S/C42H31N5/c1-42(2)35-10-4-3-9-33(35)34-18-15-28(25-36(34)42)26-11-13-27(14-12-26)39-45-40(31-16-19-37-29(23-31)7-5-21-43-37)47-41(46-39)32-17-20-38-30(24-32)8-6-22-44-38/h3-19,21-25,38H,20H2,1-2H3. The molecule has 47 heavy (non-hydrogen) atoms. The van der Waals surface area contributed by atoms with Crippen molar-refractivity contribution in [3.63, 3.8) is 0 Å². The third-order valence-corrected chi connectivity index (χ3v) is 9.72. The van der Waals surface area contributed by atoms with Gasteiger partial charge >= 0.3 is 0 Å². The van der Waals surface area contributed by atoms with Gasteiger partial charge in [0.15, 0.2) is 17.5 Å². The Morgan fingerprint density at radius 3 is 2.30 bits per heavy atom. The summed E-state index contributed by atoms with van der Waals surface area (Å²) in [7, 11) is 0. The van der Waals surface area contributed by atoms with Crippen LogP contribution in [0.1, 0.15) is 37.2 Å². The first-order chi connectivity index (χ1) is 23.0. The van der Waals surface area contributed by atoms with Crippen molar-refractivity contribution in [2.75, 3.05) is 0 Å². The van der Waals surface area contributed by atoms with Gasteiger partial charge in [0.1, 0.15) is 0 Å². The third-order valence-electron chi connectivity index (χ3n) is 9.72. The van der Waals surface area contributed by atoms with Crippen LogP contribution in [0.3, 0.4) is 0 Å². The van der Waals surface area contributed by atoms with E-state index in [9.17, 15) is 0 Å². The minimum absolute atomic E-state index is 0.0404. The first-order valence-corrected chi connectivity index (χ1v) is 16.1. The molecule has 2 aliphatic carbocycles. The second-order valence-corrected chi connectivity index (χ2v) is 12.9. The van der Waals surface area contributed by atoms with Gasteiger partial charge < -0.3 is 0 Å². The molecule has 1 unspecified atom stereocenters. The van der Waals surface area contributed by atoms with Gasteiger partial charge in [-0.25, -0.2) is 15.0 Å². The van der Waals surface area contributed by atoms with E-state index in [2.05, 4.69) is 121 Å². The number of aliphatic imine (C=N–C) groups is 1. The summed E-state index contributed by atoms with van der Waals surface area (Å²) < 4.78 is 0. The van der Waals surface area contributed by atoms with Crippen LogP contribution in [0.4, 0.5) is 0 Å². The van der Waals surface area contributed by atoms with Crippen molar-refractivity contribution >= 4 is 22.7 Å². The zero-order chi connectivity index (χ0) is 31.5. The molecule has 1 aliphatic heterocycles. The van der Waals surface area contributed by atoms with Crippen LogP contribution in [0.25, 0.3) is 61.5 Å². The predicted molar refractivity (Wildman–Crippen MR) is 191 cm³/mol. The van der Waals surface area contributed by atoms with Crippen LogP contribution < -0.4 is 0 Å². The lowest BCUT2D eigenvalue weighted by Gasteiger charge is -2.22. The Balaban J connectivity index is 1.11. The number of fused-ring (bicyclic) bond motifs is 5. The normalized spacial score (nSPS) is 17.1. The highest BCUT2D eigenvalue weighted by atomic mass is 15.0. The molecule has 0 saturated carbocycles. The molecule has 0 radical (unpaired) electrons. The number of nitrogens with zero attached hydrogens (tertiary/aromatic N) is 5. The summed E-state index contributed by atoms with van der Waals surface area (Å²) in [5, 5.41) is 1.05. The lowest BCUT2D eigenvalue weighted by molar-refractivity contribution is 0.660. The molecule has 0 saturated heterocycles. The Hall–Kier alpha value is -5.81. The minimum atomic E-state index is -0.0404. The number of hydrogen-bond acceptors (Lipinski definition) is 5. The highest BCUT2D eigenvalue weighted by molar-refractivity contribution is 5.85. The molecule has 5 heteroatoms. The fourth-order valence-corrected chi connectivity index (χ4v) is 7.15. The molecule has 3 aliphatic rings. The molecule has 0 bridgehead atoms. The summed E-state index contributed by atoms with van der Waals surface area (Å²) in [5.74, 6) is 1.94. The molecule has 3 heterocycles. The lowest BCUT2D eigenvalue weighted by atomic mass is 9.81. The van der Waals surface area contributed by atoms with Crippen LogP contribution in [0.2, 0.25) is 0 Å². The first kappa shape index (κ1) is 27.5. The van der Waals surface area contributed by atoms with Gasteiger partial charge in [0, 0.05) is 39.9 Å². The fraction of sp³-hybridized carbons (Fsp3) is 0.119. The van der Waals surface area contributed by atoms with Gasteiger partial charge in [-0.2, -0.15) is 0 Å². The maximum absolute atomic E-state index is 5.03. The van der Waals surface area contributed by atoms with E-state index in [-0.39, 0.29) is 11.5 Å². The highest BCUT2D eigenvalue weighted by Gasteiger charge is 2.35. The van der Waals surface area contributed by atoms with Gasteiger partial charge in [-0.1, -0.05) is 92.7 Å². The van der Waals surface area contributed by atoms with E-state index in [0.717, 1.165) is 39.6 Å². The van der Waals surface area contributed by atoms with Gasteiger partial charge in [0.05, 0.1) is 11.6 Å². The first-order valence-electron chi connectivity index (χ1n) is 16.1. The molecule has 4 aromatic carbocycles. The van der Waals surface area contributed by atoms with E-state index < -0.39 is 0 Å². The van der Waals surface area contributed by atoms with E-state index in [1.54, 1.807) is 0 Å². The molecule has 5 nitrogen and oxygen atoms in total. The number of aromatic nitrogens is 4. The molecule has 0 spiro atoms. The number of benzene rings is 4. The molecule has 224 valence electrons. The minimum Gasteiger partial charge on any atom is -0.285 e. The quantitative estimate of drug-likeness (QED) is 0.201. The fourth-order valence-electron chi connectivity index (χ4n) is 7.15. The second kappa shape index (κ2) is 10.6. The Morgan fingerprint density at radius 2 is 1.40 bits per heavy atom. The van der Waals surface area contributed by atoms with Crippen molar-refractivity contribution < 1.29 is 0 Å².